The zero-order valence-electron chi connectivity index (χ0n) is 38.2. The van der Waals surface area contributed by atoms with E-state index in [2.05, 4.69) is 74.6 Å². The highest BCUT2D eigenvalue weighted by molar-refractivity contribution is 7.85. The van der Waals surface area contributed by atoms with Gasteiger partial charge in [0, 0.05) is 12.8 Å². The Labute approximate surface area is 375 Å². The number of esters is 2. The van der Waals surface area contributed by atoms with Gasteiger partial charge in [-0.25, -0.2) is 0 Å². The van der Waals surface area contributed by atoms with Gasteiger partial charge in [-0.15, -0.1) is 0 Å². The van der Waals surface area contributed by atoms with Crippen LogP contribution in [-0.2, 0) is 38.7 Å². The third-order valence-corrected chi connectivity index (χ3v) is 11.3. The lowest BCUT2D eigenvalue weighted by atomic mass is 10.00. The molecule has 1 saturated heterocycles. The molecule has 62 heavy (non-hydrogen) atoms. The van der Waals surface area contributed by atoms with Crippen LogP contribution in [0.15, 0.2) is 60.8 Å². The van der Waals surface area contributed by atoms with Gasteiger partial charge >= 0.3 is 11.9 Å². The first-order chi connectivity index (χ1) is 30.0. The van der Waals surface area contributed by atoms with Gasteiger partial charge in [-0.3, -0.25) is 14.1 Å². The molecule has 12 nitrogen and oxygen atoms in total. The Bertz CT molecular complexity index is 1370. The molecule has 0 saturated carbocycles. The van der Waals surface area contributed by atoms with Gasteiger partial charge in [0.25, 0.3) is 10.1 Å². The molecule has 6 atom stereocenters. The van der Waals surface area contributed by atoms with Crippen molar-refractivity contribution in [3.8, 4) is 0 Å². The fourth-order valence-electron chi connectivity index (χ4n) is 6.90. The number of hydrogen-bond donors (Lipinski definition) is 4. The molecule has 358 valence electrons. The first-order valence-electron chi connectivity index (χ1n) is 23.8. The lowest BCUT2D eigenvalue weighted by Crippen LogP contribution is -2.60. The summed E-state index contributed by atoms with van der Waals surface area (Å²) in [5.41, 5.74) is 0. The molecular formula is C49H84O12S. The smallest absolute Gasteiger partial charge is 0.306 e. The fourth-order valence-corrected chi connectivity index (χ4v) is 7.59. The molecule has 13 heteroatoms. The minimum Gasteiger partial charge on any atom is -0.462 e. The van der Waals surface area contributed by atoms with Crippen molar-refractivity contribution in [3.05, 3.63) is 60.8 Å². The Morgan fingerprint density at radius 3 is 1.52 bits per heavy atom. The van der Waals surface area contributed by atoms with Gasteiger partial charge in [0.15, 0.2) is 12.4 Å². The number of allylic oxidation sites excluding steroid dienone is 10. The molecule has 0 bridgehead atoms. The summed E-state index contributed by atoms with van der Waals surface area (Å²) in [5, 5.41) is 30.9. The molecule has 1 aliphatic rings. The molecule has 0 aromatic carbocycles. The molecule has 1 fully saturated rings. The van der Waals surface area contributed by atoms with Crippen molar-refractivity contribution in [1.29, 1.82) is 0 Å². The number of rotatable bonds is 39. The van der Waals surface area contributed by atoms with Gasteiger partial charge in [-0.1, -0.05) is 152 Å². The largest absolute Gasteiger partial charge is 0.462 e. The van der Waals surface area contributed by atoms with Crippen molar-refractivity contribution in [2.75, 3.05) is 19.0 Å². The lowest BCUT2D eigenvalue weighted by molar-refractivity contribution is -0.297. The number of unbranched alkanes of at least 4 members (excludes halogenated alkanes) is 17. The average Bonchev–Trinajstić information content (AvgIpc) is 3.24. The van der Waals surface area contributed by atoms with E-state index in [9.17, 15) is 37.9 Å². The summed E-state index contributed by atoms with van der Waals surface area (Å²) in [6, 6.07) is 0. The Kier molecular flexibility index (Phi) is 35.9. The SMILES string of the molecule is CC/C=C/C/C=C/C/C=C/CCCCCCCC(=O)OC[C@H](CO[C@H]1O[C@H](CS(=O)(=O)O)[C@@H](O)C(O)C1O)OC(=O)CCCCCCCCCCC/C=C/C/C=C/CCCCC. The standard InChI is InChI=1S/C49H84O12S/c1-3-5-7-9-11-13-15-17-19-20-21-22-24-26-28-30-32-34-36-38-45(51)60-42(40-59-49-48(54)47(53)46(52)43(61-49)41-62(55,56)57)39-58-44(50)37-35-33-31-29-27-25-23-18-16-14-12-10-8-6-4-2/h6,8,11-14,17-19,23,42-43,46-49,52-54H,3-5,7,9-10,15-16,20-22,24-41H2,1-2H3,(H,55,56,57)/b8-6+,13-11+,14-12+,19-17+,23-18+/t42-,43-,46-,47?,48?,49+/m1/s1. The zero-order valence-corrected chi connectivity index (χ0v) is 39.0. The molecule has 1 heterocycles. The molecule has 2 unspecified atom stereocenters. The average molecular weight is 897 g/mol. The van der Waals surface area contributed by atoms with Crippen molar-refractivity contribution in [1.82, 2.24) is 0 Å². The van der Waals surface area contributed by atoms with Crippen molar-refractivity contribution in [2.24, 2.45) is 0 Å². The predicted octanol–water partition coefficient (Wildman–Crippen LogP) is 10.1. The maximum atomic E-state index is 12.8. The Morgan fingerprint density at radius 1 is 0.565 bits per heavy atom. The van der Waals surface area contributed by atoms with Gasteiger partial charge in [0.05, 0.1) is 6.61 Å². The minimum absolute atomic E-state index is 0.153. The Morgan fingerprint density at radius 2 is 1.02 bits per heavy atom. The highest BCUT2D eigenvalue weighted by atomic mass is 32.2. The van der Waals surface area contributed by atoms with Crippen LogP contribution in [-0.4, -0.2) is 96.0 Å². The monoisotopic (exact) mass is 897 g/mol. The van der Waals surface area contributed by atoms with E-state index in [4.69, 9.17) is 18.9 Å². The van der Waals surface area contributed by atoms with Crippen LogP contribution >= 0.6 is 0 Å². The molecule has 0 aromatic rings. The van der Waals surface area contributed by atoms with Crippen LogP contribution in [0.5, 0.6) is 0 Å². The highest BCUT2D eigenvalue weighted by Crippen LogP contribution is 2.24. The number of ether oxygens (including phenoxy) is 4. The van der Waals surface area contributed by atoms with Crippen molar-refractivity contribution in [2.45, 2.75) is 218 Å². The summed E-state index contributed by atoms with van der Waals surface area (Å²) in [4.78, 5) is 25.5. The number of hydrogen-bond acceptors (Lipinski definition) is 11. The second kappa shape index (κ2) is 38.8. The Hall–Kier alpha value is -2.65. The van der Waals surface area contributed by atoms with Crippen molar-refractivity contribution >= 4 is 22.1 Å². The van der Waals surface area contributed by atoms with Gasteiger partial charge in [-0.05, 0) is 77.0 Å². The third kappa shape index (κ3) is 32.9. The first kappa shape index (κ1) is 57.4. The topological polar surface area (TPSA) is 186 Å². The summed E-state index contributed by atoms with van der Waals surface area (Å²) < 4.78 is 54.1. The fraction of sp³-hybridized carbons (Fsp3) is 0.755. The van der Waals surface area contributed by atoms with E-state index in [1.807, 2.05) is 0 Å². The van der Waals surface area contributed by atoms with E-state index < -0.39 is 71.2 Å². The molecule has 0 radical (unpaired) electrons. The van der Waals surface area contributed by atoms with E-state index >= 15 is 0 Å². The van der Waals surface area contributed by atoms with Gasteiger partial charge in [-0.2, -0.15) is 8.42 Å². The Balaban J connectivity index is 2.43. The van der Waals surface area contributed by atoms with Crippen LogP contribution in [0.25, 0.3) is 0 Å². The summed E-state index contributed by atoms with van der Waals surface area (Å²) in [7, 11) is -4.61. The van der Waals surface area contributed by atoms with Gasteiger partial charge in [0.1, 0.15) is 36.8 Å². The molecule has 1 aliphatic heterocycles. The third-order valence-electron chi connectivity index (χ3n) is 10.6. The quantitative estimate of drug-likeness (QED) is 0.0198. The highest BCUT2D eigenvalue weighted by Gasteiger charge is 2.46. The van der Waals surface area contributed by atoms with Crippen molar-refractivity contribution in [3.63, 3.8) is 0 Å². The van der Waals surface area contributed by atoms with E-state index in [0.29, 0.717) is 12.8 Å². The molecule has 1 rings (SSSR count). The predicted molar refractivity (Wildman–Crippen MR) is 247 cm³/mol. The second-order valence-corrected chi connectivity index (χ2v) is 17.9. The van der Waals surface area contributed by atoms with E-state index in [1.54, 1.807) is 0 Å². The van der Waals surface area contributed by atoms with Crippen LogP contribution in [0.4, 0.5) is 0 Å². The molecule has 4 N–H and O–H groups in total. The summed E-state index contributed by atoms with van der Waals surface area (Å²) in [6.07, 6.45) is 38.3. The van der Waals surface area contributed by atoms with Crippen LogP contribution in [0, 0.1) is 0 Å². The van der Waals surface area contributed by atoms with Gasteiger partial charge < -0.3 is 34.3 Å². The molecule has 0 amide bonds. The number of aliphatic hydroxyl groups excluding tert-OH is 3. The summed E-state index contributed by atoms with van der Waals surface area (Å²) >= 11 is 0. The molecule has 0 aromatic heterocycles. The molecular weight excluding hydrogens is 813 g/mol. The van der Waals surface area contributed by atoms with E-state index in [-0.39, 0.29) is 19.4 Å². The number of carbonyl (C=O) groups is 2. The molecule has 0 spiro atoms. The maximum absolute atomic E-state index is 12.8. The van der Waals surface area contributed by atoms with E-state index in [1.165, 1.54) is 51.4 Å². The zero-order chi connectivity index (χ0) is 45.5. The van der Waals surface area contributed by atoms with Crippen LogP contribution in [0.2, 0.25) is 0 Å². The minimum atomic E-state index is -4.61. The van der Waals surface area contributed by atoms with Crippen LogP contribution in [0.1, 0.15) is 181 Å². The number of carbonyl (C=O) groups excluding carboxylic acids is 2. The molecule has 0 aliphatic carbocycles. The van der Waals surface area contributed by atoms with Gasteiger partial charge in [0.2, 0.25) is 0 Å². The summed E-state index contributed by atoms with van der Waals surface area (Å²) in [5.74, 6) is -2.01. The first-order valence-corrected chi connectivity index (χ1v) is 25.5. The van der Waals surface area contributed by atoms with Crippen LogP contribution < -0.4 is 0 Å². The summed E-state index contributed by atoms with van der Waals surface area (Å²) in [6.45, 7) is 3.61. The van der Waals surface area contributed by atoms with Crippen molar-refractivity contribution < 1.29 is 56.8 Å². The normalized spacial score (nSPS) is 20.4. The van der Waals surface area contributed by atoms with E-state index in [0.717, 1.165) is 89.9 Å². The lowest BCUT2D eigenvalue weighted by Gasteiger charge is -2.40. The number of aliphatic hydroxyl groups is 3. The van der Waals surface area contributed by atoms with Crippen LogP contribution in [0.3, 0.4) is 0 Å². The second-order valence-electron chi connectivity index (χ2n) is 16.4. The maximum Gasteiger partial charge on any atom is 0.306 e.